The molecule has 0 fully saturated rings. The van der Waals surface area contributed by atoms with Crippen molar-refractivity contribution in [1.82, 2.24) is 0 Å². The molecule has 0 spiro atoms. The lowest BCUT2D eigenvalue weighted by molar-refractivity contribution is 0.304. The smallest absolute Gasteiger partial charge is 0.159 e. The maximum atomic E-state index is 13.1. The Morgan fingerprint density at radius 1 is 0.792 bits per heavy atom. The van der Waals surface area contributed by atoms with Gasteiger partial charge in [0.05, 0.1) is 5.69 Å². The second-order valence-corrected chi connectivity index (χ2v) is 5.15. The molecule has 3 rings (SSSR count). The highest BCUT2D eigenvalue weighted by molar-refractivity contribution is 5.53. The van der Waals surface area contributed by atoms with Crippen LogP contribution in [-0.4, -0.2) is 0 Å². The molecule has 0 heterocycles. The minimum atomic E-state index is -0.889. The summed E-state index contributed by atoms with van der Waals surface area (Å²) in [6.07, 6.45) is 0. The predicted octanol–water partition coefficient (Wildman–Crippen LogP) is 4.92. The molecule has 122 valence electrons. The molecule has 0 aromatic heterocycles. The van der Waals surface area contributed by atoms with Crippen LogP contribution in [0.2, 0.25) is 0 Å². The van der Waals surface area contributed by atoms with Crippen LogP contribution >= 0.6 is 0 Å². The normalized spacial score (nSPS) is 10.4. The van der Waals surface area contributed by atoms with Gasteiger partial charge in [-0.05, 0) is 54.1 Å². The zero-order valence-electron chi connectivity index (χ0n) is 12.7. The Balaban J connectivity index is 1.62. The van der Waals surface area contributed by atoms with E-state index >= 15 is 0 Å². The summed E-state index contributed by atoms with van der Waals surface area (Å²) in [6.45, 7) is 0.142. The first-order valence-corrected chi connectivity index (χ1v) is 7.31. The third-order valence-corrected chi connectivity index (χ3v) is 3.36. The third kappa shape index (κ3) is 3.81. The highest BCUT2D eigenvalue weighted by Gasteiger charge is 2.04. The quantitative estimate of drug-likeness (QED) is 0.677. The van der Waals surface area contributed by atoms with Crippen molar-refractivity contribution in [2.75, 3.05) is 5.73 Å². The van der Waals surface area contributed by atoms with E-state index in [0.717, 1.165) is 12.1 Å². The second-order valence-electron chi connectivity index (χ2n) is 5.15. The lowest BCUT2D eigenvalue weighted by Crippen LogP contribution is -1.97. The van der Waals surface area contributed by atoms with Crippen molar-refractivity contribution in [2.24, 2.45) is 0 Å². The van der Waals surface area contributed by atoms with E-state index in [1.165, 1.54) is 6.07 Å². The molecule has 0 unspecified atom stereocenters. The second kappa shape index (κ2) is 7.00. The molecular formula is C19H15F2NO2. The number of rotatable bonds is 5. The summed E-state index contributed by atoms with van der Waals surface area (Å²) in [7, 11) is 0. The van der Waals surface area contributed by atoms with Gasteiger partial charge in [0.25, 0.3) is 0 Å². The fourth-order valence-corrected chi connectivity index (χ4v) is 2.10. The molecule has 24 heavy (non-hydrogen) atoms. The van der Waals surface area contributed by atoms with Gasteiger partial charge >= 0.3 is 0 Å². The van der Waals surface area contributed by atoms with Gasteiger partial charge in [-0.15, -0.1) is 0 Å². The van der Waals surface area contributed by atoms with E-state index in [0.29, 0.717) is 28.5 Å². The summed E-state index contributed by atoms with van der Waals surface area (Å²) in [4.78, 5) is 0. The van der Waals surface area contributed by atoms with Crippen LogP contribution in [0.15, 0.2) is 66.7 Å². The van der Waals surface area contributed by atoms with Crippen LogP contribution in [0.5, 0.6) is 17.2 Å². The van der Waals surface area contributed by atoms with Crippen molar-refractivity contribution in [2.45, 2.75) is 6.61 Å². The highest BCUT2D eigenvalue weighted by atomic mass is 19.2. The summed E-state index contributed by atoms with van der Waals surface area (Å²) in [5, 5.41) is 0. The minimum absolute atomic E-state index is 0.142. The average Bonchev–Trinajstić information content (AvgIpc) is 2.59. The fraction of sp³-hybridized carbons (Fsp3) is 0.0526. The minimum Gasteiger partial charge on any atom is -0.489 e. The average molecular weight is 327 g/mol. The first-order chi connectivity index (χ1) is 11.6. The number of anilines is 1. The molecular weight excluding hydrogens is 312 g/mol. The van der Waals surface area contributed by atoms with Gasteiger partial charge in [0, 0.05) is 0 Å². The van der Waals surface area contributed by atoms with Crippen molar-refractivity contribution >= 4 is 5.69 Å². The molecule has 0 saturated heterocycles. The number of hydrogen-bond donors (Lipinski definition) is 1. The maximum Gasteiger partial charge on any atom is 0.159 e. The van der Waals surface area contributed by atoms with E-state index in [1.807, 2.05) is 12.1 Å². The van der Waals surface area contributed by atoms with E-state index in [2.05, 4.69) is 0 Å². The van der Waals surface area contributed by atoms with Gasteiger partial charge in [-0.1, -0.05) is 18.2 Å². The molecule has 3 aromatic rings. The van der Waals surface area contributed by atoms with Crippen LogP contribution in [0.1, 0.15) is 5.56 Å². The third-order valence-electron chi connectivity index (χ3n) is 3.36. The molecule has 0 saturated carbocycles. The monoisotopic (exact) mass is 327 g/mol. The van der Waals surface area contributed by atoms with Crippen molar-refractivity contribution < 1.29 is 18.3 Å². The van der Waals surface area contributed by atoms with Crippen LogP contribution in [-0.2, 0) is 6.61 Å². The first-order valence-electron chi connectivity index (χ1n) is 7.31. The van der Waals surface area contributed by atoms with Crippen LogP contribution in [0, 0.1) is 11.6 Å². The molecule has 2 N–H and O–H groups in total. The maximum absolute atomic E-state index is 13.1. The summed E-state index contributed by atoms with van der Waals surface area (Å²) in [5.41, 5.74) is 6.93. The molecule has 0 bridgehead atoms. The lowest BCUT2D eigenvalue weighted by atomic mass is 10.2. The number of nitrogens with two attached hydrogens (primary N) is 1. The van der Waals surface area contributed by atoms with Crippen LogP contribution in [0.4, 0.5) is 14.5 Å². The Hall–Kier alpha value is -3.08. The Kier molecular flexibility index (Phi) is 4.61. The van der Waals surface area contributed by atoms with E-state index in [4.69, 9.17) is 15.2 Å². The Labute approximate surface area is 138 Å². The van der Waals surface area contributed by atoms with Gasteiger partial charge in [0.1, 0.15) is 23.9 Å². The van der Waals surface area contributed by atoms with E-state index in [9.17, 15) is 8.78 Å². The van der Waals surface area contributed by atoms with Gasteiger partial charge in [-0.2, -0.15) is 0 Å². The molecule has 0 aliphatic heterocycles. The van der Waals surface area contributed by atoms with Gasteiger partial charge in [-0.3, -0.25) is 0 Å². The molecule has 0 aliphatic rings. The Morgan fingerprint density at radius 3 is 2.21 bits per heavy atom. The molecule has 0 aliphatic carbocycles. The lowest BCUT2D eigenvalue weighted by Gasteiger charge is -2.10. The Bertz CT molecular complexity index is 835. The number of nitrogen functional groups attached to an aromatic ring is 1. The number of benzene rings is 3. The number of hydrogen-bond acceptors (Lipinski definition) is 3. The zero-order chi connectivity index (χ0) is 16.9. The molecule has 5 heteroatoms. The first kappa shape index (κ1) is 15.8. The molecule has 0 amide bonds. The molecule has 3 aromatic carbocycles. The topological polar surface area (TPSA) is 44.5 Å². The largest absolute Gasteiger partial charge is 0.489 e. The highest BCUT2D eigenvalue weighted by Crippen LogP contribution is 2.28. The summed E-state index contributed by atoms with van der Waals surface area (Å²) in [5.74, 6) is 0.0230. The summed E-state index contributed by atoms with van der Waals surface area (Å²) < 4.78 is 37.2. The van der Waals surface area contributed by atoms with Crippen molar-refractivity contribution in [3.8, 4) is 17.2 Å². The van der Waals surface area contributed by atoms with Gasteiger partial charge < -0.3 is 15.2 Å². The van der Waals surface area contributed by atoms with Gasteiger partial charge in [0.15, 0.2) is 11.6 Å². The van der Waals surface area contributed by atoms with Gasteiger partial charge in [0.2, 0.25) is 0 Å². The van der Waals surface area contributed by atoms with E-state index < -0.39 is 11.6 Å². The molecule has 0 radical (unpaired) electrons. The number of ether oxygens (including phenoxy) is 2. The number of para-hydroxylation sites is 2. The summed E-state index contributed by atoms with van der Waals surface area (Å²) in [6, 6.07) is 17.8. The standard InChI is InChI=1S/C19H15F2NO2/c20-16-10-5-13(11-17(16)21)12-23-14-6-8-15(9-7-14)24-19-4-2-1-3-18(19)22/h1-11H,12,22H2. The molecule has 3 nitrogen and oxygen atoms in total. The number of halogens is 2. The zero-order valence-corrected chi connectivity index (χ0v) is 12.7. The van der Waals surface area contributed by atoms with Crippen molar-refractivity contribution in [3.05, 3.63) is 83.9 Å². The van der Waals surface area contributed by atoms with Crippen molar-refractivity contribution in [3.63, 3.8) is 0 Å². The van der Waals surface area contributed by atoms with Gasteiger partial charge in [-0.25, -0.2) is 8.78 Å². The van der Waals surface area contributed by atoms with Crippen LogP contribution in [0.25, 0.3) is 0 Å². The van der Waals surface area contributed by atoms with E-state index in [-0.39, 0.29) is 6.61 Å². The fourth-order valence-electron chi connectivity index (χ4n) is 2.10. The predicted molar refractivity (Wildman–Crippen MR) is 88.1 cm³/mol. The van der Waals surface area contributed by atoms with E-state index in [1.54, 1.807) is 36.4 Å². The summed E-state index contributed by atoms with van der Waals surface area (Å²) >= 11 is 0. The SMILES string of the molecule is Nc1ccccc1Oc1ccc(OCc2ccc(F)c(F)c2)cc1. The molecule has 0 atom stereocenters. The Morgan fingerprint density at radius 2 is 1.50 bits per heavy atom. The van der Waals surface area contributed by atoms with Crippen LogP contribution < -0.4 is 15.2 Å². The van der Waals surface area contributed by atoms with Crippen molar-refractivity contribution in [1.29, 1.82) is 0 Å². The van der Waals surface area contributed by atoms with Crippen LogP contribution in [0.3, 0.4) is 0 Å².